The summed E-state index contributed by atoms with van der Waals surface area (Å²) in [6.07, 6.45) is 12.3. The molecule has 1 nitrogen and oxygen atoms in total. The van der Waals surface area contributed by atoms with Crippen molar-refractivity contribution in [1.82, 2.24) is 0 Å². The van der Waals surface area contributed by atoms with Gasteiger partial charge < -0.3 is 4.90 Å². The van der Waals surface area contributed by atoms with Gasteiger partial charge in [0.1, 0.15) is 0 Å². The predicted octanol–water partition coefficient (Wildman–Crippen LogP) is 15.9. The third-order valence-electron chi connectivity index (χ3n) is 14.7. The number of hydrogen-bond donors (Lipinski definition) is 0. The molecule has 0 N–H and O–H groups in total. The fourth-order valence-corrected chi connectivity index (χ4v) is 11.9. The van der Waals surface area contributed by atoms with Crippen molar-refractivity contribution in [2.24, 2.45) is 11.8 Å². The molecular formula is C56H53N. The van der Waals surface area contributed by atoms with Crippen LogP contribution in [0.15, 0.2) is 152 Å². The van der Waals surface area contributed by atoms with E-state index in [1.54, 1.807) is 0 Å². The molecule has 11 rings (SSSR count). The largest absolute Gasteiger partial charge is 0.309 e. The van der Waals surface area contributed by atoms with Gasteiger partial charge in [0, 0.05) is 22.1 Å². The second-order valence-corrected chi connectivity index (χ2v) is 18.3. The van der Waals surface area contributed by atoms with Gasteiger partial charge in [0.15, 0.2) is 0 Å². The molecule has 3 unspecified atom stereocenters. The van der Waals surface area contributed by atoms with E-state index < -0.39 is 0 Å². The van der Waals surface area contributed by atoms with E-state index in [1.807, 2.05) is 0 Å². The molecule has 57 heavy (non-hydrogen) atoms. The van der Waals surface area contributed by atoms with Gasteiger partial charge in [-0.05, 0) is 135 Å². The van der Waals surface area contributed by atoms with Gasteiger partial charge >= 0.3 is 0 Å². The van der Waals surface area contributed by atoms with Crippen LogP contribution >= 0.6 is 0 Å². The summed E-state index contributed by atoms with van der Waals surface area (Å²) in [7, 11) is 0. The Morgan fingerprint density at radius 3 is 2.04 bits per heavy atom. The molecule has 0 heterocycles. The van der Waals surface area contributed by atoms with Gasteiger partial charge in [0.25, 0.3) is 0 Å². The van der Waals surface area contributed by atoms with Gasteiger partial charge in [0.2, 0.25) is 0 Å². The Morgan fingerprint density at radius 1 is 0.526 bits per heavy atom. The van der Waals surface area contributed by atoms with Crippen LogP contribution in [0.1, 0.15) is 106 Å². The smallest absolute Gasteiger partial charge is 0.0543 e. The summed E-state index contributed by atoms with van der Waals surface area (Å²) in [5.74, 6) is 3.17. The van der Waals surface area contributed by atoms with Crippen LogP contribution in [0.5, 0.6) is 0 Å². The van der Waals surface area contributed by atoms with Crippen LogP contribution < -0.4 is 4.90 Å². The minimum Gasteiger partial charge on any atom is -0.309 e. The SMILES string of the molecule is CC1(C)c2ccccc2-c2ccc(N(c3ccc(C4CC5CCC4C5)cc3)c3cccc4cc(C5CCCCC5)ccc34)c(-c3ccc(-c4ccccc4)cc3)c21. The number of benzene rings is 7. The van der Waals surface area contributed by atoms with Crippen LogP contribution in [-0.4, -0.2) is 0 Å². The van der Waals surface area contributed by atoms with Crippen molar-refractivity contribution in [3.63, 3.8) is 0 Å². The summed E-state index contributed by atoms with van der Waals surface area (Å²) < 4.78 is 0. The molecule has 0 amide bonds. The molecular weight excluding hydrogens is 687 g/mol. The third-order valence-corrected chi connectivity index (χ3v) is 14.7. The van der Waals surface area contributed by atoms with Crippen molar-refractivity contribution in [1.29, 1.82) is 0 Å². The maximum Gasteiger partial charge on any atom is 0.0543 e. The van der Waals surface area contributed by atoms with Crippen molar-refractivity contribution in [3.05, 3.63) is 174 Å². The van der Waals surface area contributed by atoms with E-state index in [-0.39, 0.29) is 5.41 Å². The van der Waals surface area contributed by atoms with E-state index in [1.165, 1.54) is 141 Å². The fraction of sp³-hybridized carbons (Fsp3) is 0.286. The molecule has 0 saturated heterocycles. The molecule has 1 heteroatoms. The van der Waals surface area contributed by atoms with Gasteiger partial charge in [-0.1, -0.05) is 167 Å². The molecule has 0 aromatic heterocycles. The number of hydrogen-bond acceptors (Lipinski definition) is 1. The topological polar surface area (TPSA) is 3.24 Å². The molecule has 7 aromatic carbocycles. The summed E-state index contributed by atoms with van der Waals surface area (Å²) in [5, 5.41) is 2.64. The lowest BCUT2D eigenvalue weighted by Crippen LogP contribution is -2.19. The monoisotopic (exact) mass is 739 g/mol. The van der Waals surface area contributed by atoms with Crippen LogP contribution in [0.3, 0.4) is 0 Å². The Bertz CT molecular complexity index is 2590. The Hall–Kier alpha value is -5.40. The highest BCUT2D eigenvalue weighted by molar-refractivity contribution is 6.03. The minimum absolute atomic E-state index is 0.180. The van der Waals surface area contributed by atoms with Crippen LogP contribution in [0.4, 0.5) is 17.1 Å². The molecule has 2 bridgehead atoms. The van der Waals surface area contributed by atoms with E-state index in [0.717, 1.165) is 11.8 Å². The fourth-order valence-electron chi connectivity index (χ4n) is 11.9. The molecule has 0 radical (unpaired) electrons. The predicted molar refractivity (Wildman–Crippen MR) is 241 cm³/mol. The molecule has 0 aliphatic heterocycles. The van der Waals surface area contributed by atoms with E-state index in [9.17, 15) is 0 Å². The first kappa shape index (κ1) is 34.8. The van der Waals surface area contributed by atoms with E-state index in [4.69, 9.17) is 0 Å². The summed E-state index contributed by atoms with van der Waals surface area (Å²) in [6.45, 7) is 4.87. The summed E-state index contributed by atoms with van der Waals surface area (Å²) in [6, 6.07) is 58.3. The zero-order chi connectivity index (χ0) is 38.1. The average molecular weight is 740 g/mol. The van der Waals surface area contributed by atoms with Crippen molar-refractivity contribution in [2.45, 2.75) is 88.9 Å². The maximum absolute atomic E-state index is 2.60. The first-order valence-electron chi connectivity index (χ1n) is 21.9. The third kappa shape index (κ3) is 5.88. The summed E-state index contributed by atoms with van der Waals surface area (Å²) in [5.41, 5.74) is 17.1. The highest BCUT2D eigenvalue weighted by Gasteiger charge is 2.41. The number of rotatable bonds is 7. The van der Waals surface area contributed by atoms with Crippen molar-refractivity contribution >= 4 is 27.8 Å². The maximum atomic E-state index is 2.60. The molecule has 0 spiro atoms. The first-order valence-corrected chi connectivity index (χ1v) is 21.9. The lowest BCUT2D eigenvalue weighted by Gasteiger charge is -2.33. The van der Waals surface area contributed by atoms with Gasteiger partial charge in [-0.15, -0.1) is 0 Å². The standard InChI is InChI=1S/C56H53N/c1-56(2)51-18-10-9-17-48(51)49-32-33-53(54(55(49)56)42-24-22-40(23-25-42)38-12-5-3-6-13-38)57(46-29-26-41(27-30-46)50-35-37-20-21-45(50)34-37)52-19-11-16-44-36-43(28-31-47(44)52)39-14-7-4-8-15-39/h3,5-6,9-13,16-19,22-33,36-37,39,45,50H,4,7-8,14-15,20-21,34-35H2,1-2H3. The van der Waals surface area contributed by atoms with Gasteiger partial charge in [-0.2, -0.15) is 0 Å². The summed E-state index contributed by atoms with van der Waals surface area (Å²) >= 11 is 0. The van der Waals surface area contributed by atoms with E-state index in [0.29, 0.717) is 11.8 Å². The average Bonchev–Trinajstić information content (AvgIpc) is 3.97. The zero-order valence-corrected chi connectivity index (χ0v) is 33.6. The molecule has 3 atom stereocenters. The number of fused-ring (bicyclic) bond motifs is 6. The van der Waals surface area contributed by atoms with Gasteiger partial charge in [0.05, 0.1) is 11.4 Å². The normalized spacial score (nSPS) is 20.8. The minimum atomic E-state index is -0.180. The second kappa shape index (κ2) is 13.9. The lowest BCUT2D eigenvalue weighted by molar-refractivity contribution is 0.420. The van der Waals surface area contributed by atoms with Crippen LogP contribution in [0.25, 0.3) is 44.2 Å². The van der Waals surface area contributed by atoms with Crippen LogP contribution in [0, 0.1) is 11.8 Å². The Kier molecular flexibility index (Phi) is 8.50. The van der Waals surface area contributed by atoms with Gasteiger partial charge in [-0.3, -0.25) is 0 Å². The lowest BCUT2D eigenvalue weighted by atomic mass is 9.78. The molecule has 4 aliphatic carbocycles. The first-order chi connectivity index (χ1) is 28.0. The van der Waals surface area contributed by atoms with Gasteiger partial charge in [-0.25, -0.2) is 0 Å². The number of nitrogens with zero attached hydrogens (tertiary/aromatic N) is 1. The Morgan fingerprint density at radius 2 is 1.26 bits per heavy atom. The Balaban J connectivity index is 1.13. The van der Waals surface area contributed by atoms with Crippen LogP contribution in [0.2, 0.25) is 0 Å². The van der Waals surface area contributed by atoms with Crippen molar-refractivity contribution < 1.29 is 0 Å². The molecule has 282 valence electrons. The van der Waals surface area contributed by atoms with Crippen molar-refractivity contribution in [2.75, 3.05) is 4.90 Å². The number of anilines is 3. The quantitative estimate of drug-likeness (QED) is 0.157. The second-order valence-electron chi connectivity index (χ2n) is 18.3. The molecule has 7 aromatic rings. The molecule has 3 saturated carbocycles. The van der Waals surface area contributed by atoms with Crippen LogP contribution in [-0.2, 0) is 5.41 Å². The van der Waals surface area contributed by atoms with E-state index in [2.05, 4.69) is 170 Å². The van der Waals surface area contributed by atoms with E-state index >= 15 is 0 Å². The Labute approximate surface area is 339 Å². The highest BCUT2D eigenvalue weighted by atomic mass is 15.1. The highest BCUT2D eigenvalue weighted by Crippen LogP contribution is 2.57. The van der Waals surface area contributed by atoms with Crippen molar-refractivity contribution in [3.8, 4) is 33.4 Å². The molecule has 4 aliphatic rings. The zero-order valence-electron chi connectivity index (χ0n) is 33.6. The molecule has 3 fully saturated rings. The summed E-state index contributed by atoms with van der Waals surface area (Å²) in [4.78, 5) is 2.60.